The summed E-state index contributed by atoms with van der Waals surface area (Å²) >= 11 is 0. The van der Waals surface area contributed by atoms with Crippen molar-refractivity contribution in [1.82, 2.24) is 5.32 Å². The molecular formula is C16H14N2O3. The van der Waals surface area contributed by atoms with Gasteiger partial charge in [0.1, 0.15) is 0 Å². The highest BCUT2D eigenvalue weighted by Gasteiger charge is 2.41. The van der Waals surface area contributed by atoms with Crippen molar-refractivity contribution < 1.29 is 14.7 Å². The van der Waals surface area contributed by atoms with Crippen molar-refractivity contribution in [2.24, 2.45) is 5.73 Å². The molecule has 1 unspecified atom stereocenters. The summed E-state index contributed by atoms with van der Waals surface area (Å²) < 4.78 is 0. The Balaban J connectivity index is 2.03. The Morgan fingerprint density at radius 3 is 2.57 bits per heavy atom. The molecule has 1 heterocycles. The van der Waals surface area contributed by atoms with Gasteiger partial charge in [0.25, 0.3) is 5.91 Å². The van der Waals surface area contributed by atoms with Crippen LogP contribution in [0.3, 0.4) is 0 Å². The van der Waals surface area contributed by atoms with E-state index in [0.29, 0.717) is 22.3 Å². The number of primary amides is 1. The zero-order valence-electron chi connectivity index (χ0n) is 11.2. The van der Waals surface area contributed by atoms with Crippen LogP contribution in [0.2, 0.25) is 0 Å². The lowest BCUT2D eigenvalue weighted by molar-refractivity contribution is 0.0133. The summed E-state index contributed by atoms with van der Waals surface area (Å²) in [7, 11) is 0. The fraction of sp³-hybridized carbons (Fsp3) is 0.125. The summed E-state index contributed by atoms with van der Waals surface area (Å²) in [6, 6.07) is 13.6. The van der Waals surface area contributed by atoms with E-state index in [9.17, 15) is 14.7 Å². The first kappa shape index (κ1) is 13.3. The minimum Gasteiger partial charge on any atom is -0.366 e. The Hall–Kier alpha value is -2.66. The third-order valence-corrected chi connectivity index (χ3v) is 3.67. The summed E-state index contributed by atoms with van der Waals surface area (Å²) in [5, 5.41) is 13.4. The number of carbonyl (C=O) groups is 2. The second kappa shape index (κ2) is 4.71. The molecule has 1 atom stereocenters. The van der Waals surface area contributed by atoms with Crippen LogP contribution in [0, 0.1) is 0 Å². The minimum absolute atomic E-state index is 0.0782. The molecular weight excluding hydrogens is 268 g/mol. The average molecular weight is 282 g/mol. The fourth-order valence-corrected chi connectivity index (χ4v) is 2.69. The molecule has 5 heteroatoms. The Labute approximate surface area is 121 Å². The van der Waals surface area contributed by atoms with Gasteiger partial charge in [0.2, 0.25) is 5.91 Å². The van der Waals surface area contributed by atoms with E-state index in [4.69, 9.17) is 5.73 Å². The molecule has 2 aromatic carbocycles. The van der Waals surface area contributed by atoms with Crippen LogP contribution in [-0.4, -0.2) is 16.9 Å². The van der Waals surface area contributed by atoms with Gasteiger partial charge in [0.05, 0.1) is 0 Å². The van der Waals surface area contributed by atoms with E-state index >= 15 is 0 Å². The number of hydrogen-bond donors (Lipinski definition) is 3. The van der Waals surface area contributed by atoms with Gasteiger partial charge in [-0.05, 0) is 17.7 Å². The van der Waals surface area contributed by atoms with E-state index in [1.165, 1.54) is 0 Å². The standard InChI is InChI=1S/C16H14N2O3/c17-14(19)11-6-2-1-5-10(11)9-16(21)13-8-4-3-7-12(13)15(20)18-16/h1-8,21H,9H2,(H2,17,19)(H,18,20). The molecule has 4 N–H and O–H groups in total. The smallest absolute Gasteiger partial charge is 0.254 e. The SMILES string of the molecule is NC(=O)c1ccccc1CC1(O)NC(=O)c2ccccc21. The van der Waals surface area contributed by atoms with E-state index in [-0.39, 0.29) is 12.3 Å². The molecule has 0 aromatic heterocycles. The van der Waals surface area contributed by atoms with E-state index < -0.39 is 11.6 Å². The number of hydrogen-bond acceptors (Lipinski definition) is 3. The maximum absolute atomic E-state index is 11.9. The lowest BCUT2D eigenvalue weighted by Gasteiger charge is -2.24. The Bertz CT molecular complexity index is 742. The second-order valence-electron chi connectivity index (χ2n) is 5.06. The maximum atomic E-state index is 11.9. The van der Waals surface area contributed by atoms with Crippen LogP contribution in [0.15, 0.2) is 48.5 Å². The van der Waals surface area contributed by atoms with Gasteiger partial charge in [-0.25, -0.2) is 0 Å². The molecule has 21 heavy (non-hydrogen) atoms. The quantitative estimate of drug-likeness (QED) is 0.781. The normalized spacial score (nSPS) is 20.0. The van der Waals surface area contributed by atoms with Gasteiger partial charge in [0.15, 0.2) is 5.72 Å². The molecule has 1 aliphatic heterocycles. The first-order chi connectivity index (χ1) is 10.0. The lowest BCUT2D eigenvalue weighted by atomic mass is 9.92. The van der Waals surface area contributed by atoms with Gasteiger partial charge in [-0.15, -0.1) is 0 Å². The van der Waals surface area contributed by atoms with Crippen LogP contribution >= 0.6 is 0 Å². The van der Waals surface area contributed by atoms with Crippen LogP contribution in [-0.2, 0) is 12.1 Å². The molecule has 0 bridgehead atoms. The van der Waals surface area contributed by atoms with Gasteiger partial charge < -0.3 is 16.2 Å². The van der Waals surface area contributed by atoms with Gasteiger partial charge in [-0.1, -0.05) is 36.4 Å². The Morgan fingerprint density at radius 1 is 1.14 bits per heavy atom. The molecule has 3 rings (SSSR count). The first-order valence-corrected chi connectivity index (χ1v) is 6.53. The number of amides is 2. The van der Waals surface area contributed by atoms with E-state index in [2.05, 4.69) is 5.32 Å². The lowest BCUT2D eigenvalue weighted by Crippen LogP contribution is -2.41. The monoisotopic (exact) mass is 282 g/mol. The Morgan fingerprint density at radius 2 is 1.81 bits per heavy atom. The molecule has 2 amide bonds. The molecule has 0 spiro atoms. The second-order valence-corrected chi connectivity index (χ2v) is 5.06. The van der Waals surface area contributed by atoms with Gasteiger partial charge in [-0.3, -0.25) is 9.59 Å². The topological polar surface area (TPSA) is 92.4 Å². The number of carbonyl (C=O) groups excluding carboxylic acids is 2. The third kappa shape index (κ3) is 2.17. The predicted molar refractivity (Wildman–Crippen MR) is 76.5 cm³/mol. The summed E-state index contributed by atoms with van der Waals surface area (Å²) in [5.41, 5.74) is 5.69. The van der Waals surface area contributed by atoms with Gasteiger partial charge >= 0.3 is 0 Å². The van der Waals surface area contributed by atoms with Crippen LogP contribution < -0.4 is 11.1 Å². The summed E-state index contributed by atoms with van der Waals surface area (Å²) in [6.07, 6.45) is 0.0782. The number of nitrogens with one attached hydrogen (secondary N) is 1. The van der Waals surface area contributed by atoms with E-state index in [1.807, 2.05) is 0 Å². The van der Waals surface area contributed by atoms with Crippen molar-refractivity contribution in [2.45, 2.75) is 12.1 Å². The first-order valence-electron chi connectivity index (χ1n) is 6.53. The van der Waals surface area contributed by atoms with Crippen molar-refractivity contribution >= 4 is 11.8 Å². The maximum Gasteiger partial charge on any atom is 0.254 e. The average Bonchev–Trinajstić information content (AvgIpc) is 2.71. The summed E-state index contributed by atoms with van der Waals surface area (Å²) in [4.78, 5) is 23.4. The molecule has 0 aliphatic carbocycles. The zero-order valence-corrected chi connectivity index (χ0v) is 11.2. The number of aliphatic hydroxyl groups is 1. The molecule has 0 saturated carbocycles. The largest absolute Gasteiger partial charge is 0.366 e. The van der Waals surface area contributed by atoms with Crippen LogP contribution in [0.4, 0.5) is 0 Å². The molecule has 2 aromatic rings. The number of nitrogens with two attached hydrogens (primary N) is 1. The highest BCUT2D eigenvalue weighted by molar-refractivity contribution is 6.00. The fourth-order valence-electron chi connectivity index (χ4n) is 2.69. The van der Waals surface area contributed by atoms with E-state index in [0.717, 1.165) is 0 Å². The highest BCUT2D eigenvalue weighted by atomic mass is 16.3. The molecule has 106 valence electrons. The molecule has 0 fully saturated rings. The van der Waals surface area contributed by atoms with Gasteiger partial charge in [0, 0.05) is 23.1 Å². The summed E-state index contributed by atoms with van der Waals surface area (Å²) in [5.74, 6) is -0.892. The molecule has 0 saturated heterocycles. The molecule has 1 aliphatic rings. The number of benzene rings is 2. The van der Waals surface area contributed by atoms with E-state index in [1.54, 1.807) is 48.5 Å². The highest BCUT2D eigenvalue weighted by Crippen LogP contribution is 2.32. The minimum atomic E-state index is -1.53. The van der Waals surface area contributed by atoms with Crippen molar-refractivity contribution in [3.63, 3.8) is 0 Å². The Kier molecular flexibility index (Phi) is 2.99. The zero-order chi connectivity index (χ0) is 15.0. The predicted octanol–water partition coefficient (Wildman–Crippen LogP) is 0.917. The molecule has 5 nitrogen and oxygen atoms in total. The van der Waals surface area contributed by atoms with Crippen LogP contribution in [0.5, 0.6) is 0 Å². The van der Waals surface area contributed by atoms with Gasteiger partial charge in [-0.2, -0.15) is 0 Å². The van der Waals surface area contributed by atoms with Crippen molar-refractivity contribution in [2.75, 3.05) is 0 Å². The van der Waals surface area contributed by atoms with Crippen LogP contribution in [0.25, 0.3) is 0 Å². The summed E-state index contributed by atoms with van der Waals surface area (Å²) in [6.45, 7) is 0. The third-order valence-electron chi connectivity index (χ3n) is 3.67. The van der Waals surface area contributed by atoms with Crippen molar-refractivity contribution in [3.05, 3.63) is 70.8 Å². The van der Waals surface area contributed by atoms with Crippen molar-refractivity contribution in [1.29, 1.82) is 0 Å². The number of rotatable bonds is 3. The molecule has 0 radical (unpaired) electrons. The van der Waals surface area contributed by atoms with Crippen molar-refractivity contribution in [3.8, 4) is 0 Å². The number of fused-ring (bicyclic) bond motifs is 1. The van der Waals surface area contributed by atoms with Crippen LogP contribution in [0.1, 0.15) is 31.8 Å².